The summed E-state index contributed by atoms with van der Waals surface area (Å²) in [6.07, 6.45) is 58.7. The molecule has 0 saturated heterocycles. The average Bonchev–Trinajstić information content (AvgIpc) is 3.24. The number of amides is 1. The summed E-state index contributed by atoms with van der Waals surface area (Å²) in [5.74, 6) is -0.101. The Morgan fingerprint density at radius 2 is 0.847 bits per heavy atom. The van der Waals surface area contributed by atoms with Crippen LogP contribution in [0.25, 0.3) is 0 Å². The fourth-order valence-electron chi connectivity index (χ4n) is 7.66. The molecule has 6 heteroatoms. The lowest BCUT2D eigenvalue weighted by atomic mass is 10.0. The second-order valence-corrected chi connectivity index (χ2v) is 17.5. The van der Waals surface area contributed by atoms with E-state index in [0.29, 0.717) is 19.4 Å². The van der Waals surface area contributed by atoms with Crippen molar-refractivity contribution in [3.05, 3.63) is 36.5 Å². The van der Waals surface area contributed by atoms with E-state index in [4.69, 9.17) is 4.74 Å². The predicted molar refractivity (Wildman–Crippen MR) is 255 cm³/mol. The van der Waals surface area contributed by atoms with E-state index in [9.17, 15) is 19.8 Å². The molecule has 0 aromatic rings. The Morgan fingerprint density at radius 1 is 0.475 bits per heavy atom. The molecular formula is C53H99NO5. The predicted octanol–water partition coefficient (Wildman–Crippen LogP) is 15.3. The first-order chi connectivity index (χ1) is 29.0. The maximum atomic E-state index is 12.4. The van der Waals surface area contributed by atoms with E-state index < -0.39 is 12.1 Å². The van der Waals surface area contributed by atoms with Gasteiger partial charge in [-0.2, -0.15) is 0 Å². The Hall–Kier alpha value is -1.92. The van der Waals surface area contributed by atoms with Gasteiger partial charge in [0, 0.05) is 12.8 Å². The van der Waals surface area contributed by atoms with Crippen LogP contribution in [0.1, 0.15) is 264 Å². The van der Waals surface area contributed by atoms with E-state index in [-0.39, 0.29) is 18.5 Å². The van der Waals surface area contributed by atoms with E-state index in [1.807, 2.05) is 6.08 Å². The molecule has 0 heterocycles. The minimum absolute atomic E-state index is 0.0144. The molecule has 0 aliphatic carbocycles. The van der Waals surface area contributed by atoms with Crippen molar-refractivity contribution in [2.45, 2.75) is 276 Å². The number of nitrogens with one attached hydrogen (secondary N) is 1. The first kappa shape index (κ1) is 57.1. The van der Waals surface area contributed by atoms with Gasteiger partial charge in [-0.1, -0.05) is 217 Å². The molecule has 0 saturated carbocycles. The average molecular weight is 830 g/mol. The van der Waals surface area contributed by atoms with Gasteiger partial charge in [0.25, 0.3) is 0 Å². The molecule has 346 valence electrons. The van der Waals surface area contributed by atoms with Crippen molar-refractivity contribution in [3.63, 3.8) is 0 Å². The molecule has 0 bridgehead atoms. The summed E-state index contributed by atoms with van der Waals surface area (Å²) in [4.78, 5) is 24.4. The maximum Gasteiger partial charge on any atom is 0.305 e. The third-order valence-corrected chi connectivity index (χ3v) is 11.7. The number of hydrogen-bond acceptors (Lipinski definition) is 5. The fourth-order valence-corrected chi connectivity index (χ4v) is 7.66. The fraction of sp³-hybridized carbons (Fsp3) is 0.849. The summed E-state index contributed by atoms with van der Waals surface area (Å²) in [6, 6.07) is -0.638. The number of rotatable bonds is 47. The molecule has 0 radical (unpaired) electrons. The molecule has 0 aliphatic heterocycles. The normalized spacial score (nSPS) is 12.9. The highest BCUT2D eigenvalue weighted by Gasteiger charge is 2.18. The standard InChI is InChI=1S/C53H99NO5/c1-3-5-7-9-11-13-15-16-20-24-27-31-35-39-43-47-53(58)59-48-44-40-36-32-28-25-22-19-17-18-21-23-26-30-34-38-42-46-52(57)54-50(49-55)51(56)45-41-37-33-29-14-12-10-8-6-4-2/h17,19,25,28,41,45,50-51,55-56H,3-16,18,20-24,26-27,29-40,42-44,46-49H2,1-2H3,(H,54,57)/b19-17-,28-25-,45-41+. The van der Waals surface area contributed by atoms with E-state index in [1.54, 1.807) is 6.08 Å². The van der Waals surface area contributed by atoms with Gasteiger partial charge in [-0.25, -0.2) is 0 Å². The summed E-state index contributed by atoms with van der Waals surface area (Å²) in [7, 11) is 0. The zero-order valence-electron chi connectivity index (χ0n) is 39.2. The Bertz CT molecular complexity index is 962. The van der Waals surface area contributed by atoms with Crippen LogP contribution in [0.2, 0.25) is 0 Å². The van der Waals surface area contributed by atoms with Crippen LogP contribution in [0.4, 0.5) is 0 Å². The summed E-state index contributed by atoms with van der Waals surface area (Å²) in [5.41, 5.74) is 0. The number of carbonyl (C=O) groups is 2. The van der Waals surface area contributed by atoms with Crippen LogP contribution in [0.5, 0.6) is 0 Å². The highest BCUT2D eigenvalue weighted by Crippen LogP contribution is 2.15. The minimum Gasteiger partial charge on any atom is -0.466 e. The van der Waals surface area contributed by atoms with Gasteiger partial charge in [-0.05, 0) is 70.6 Å². The summed E-state index contributed by atoms with van der Waals surface area (Å²) in [6.45, 7) is 4.83. The van der Waals surface area contributed by atoms with Crippen molar-refractivity contribution < 1.29 is 24.5 Å². The van der Waals surface area contributed by atoms with Gasteiger partial charge in [0.15, 0.2) is 0 Å². The van der Waals surface area contributed by atoms with Gasteiger partial charge in [-0.3, -0.25) is 9.59 Å². The lowest BCUT2D eigenvalue weighted by molar-refractivity contribution is -0.143. The molecule has 3 N–H and O–H groups in total. The number of ether oxygens (including phenoxy) is 1. The number of hydrogen-bond donors (Lipinski definition) is 3. The smallest absolute Gasteiger partial charge is 0.305 e. The molecular weight excluding hydrogens is 731 g/mol. The summed E-state index contributed by atoms with van der Waals surface area (Å²) < 4.78 is 5.45. The van der Waals surface area contributed by atoms with Crippen LogP contribution in [-0.4, -0.2) is 47.4 Å². The number of allylic oxidation sites excluding steroid dienone is 5. The zero-order chi connectivity index (χ0) is 43.0. The van der Waals surface area contributed by atoms with Crippen molar-refractivity contribution in [2.24, 2.45) is 0 Å². The topological polar surface area (TPSA) is 95.9 Å². The first-order valence-corrected chi connectivity index (χ1v) is 25.8. The highest BCUT2D eigenvalue weighted by atomic mass is 16.5. The van der Waals surface area contributed by atoms with Gasteiger partial charge >= 0.3 is 5.97 Å². The van der Waals surface area contributed by atoms with Crippen LogP contribution in [-0.2, 0) is 14.3 Å². The van der Waals surface area contributed by atoms with Crippen LogP contribution < -0.4 is 5.32 Å². The molecule has 0 rings (SSSR count). The monoisotopic (exact) mass is 830 g/mol. The van der Waals surface area contributed by atoms with Crippen molar-refractivity contribution in [1.29, 1.82) is 0 Å². The summed E-state index contributed by atoms with van der Waals surface area (Å²) >= 11 is 0. The van der Waals surface area contributed by atoms with E-state index >= 15 is 0 Å². The molecule has 2 unspecified atom stereocenters. The molecule has 2 atom stereocenters. The summed E-state index contributed by atoms with van der Waals surface area (Å²) in [5, 5.41) is 22.9. The van der Waals surface area contributed by atoms with E-state index in [0.717, 1.165) is 83.5 Å². The number of esters is 1. The van der Waals surface area contributed by atoms with Gasteiger partial charge in [0.05, 0.1) is 25.4 Å². The molecule has 0 spiro atoms. The quantitative estimate of drug-likeness (QED) is 0.0323. The highest BCUT2D eigenvalue weighted by molar-refractivity contribution is 5.76. The van der Waals surface area contributed by atoms with Crippen LogP contribution in [0.3, 0.4) is 0 Å². The Kier molecular flexibility index (Phi) is 47.2. The van der Waals surface area contributed by atoms with Crippen LogP contribution >= 0.6 is 0 Å². The second-order valence-electron chi connectivity index (χ2n) is 17.5. The molecule has 0 fully saturated rings. The number of unbranched alkanes of at least 4 members (excludes halogenated alkanes) is 32. The molecule has 59 heavy (non-hydrogen) atoms. The van der Waals surface area contributed by atoms with Crippen LogP contribution in [0, 0.1) is 0 Å². The number of aliphatic hydroxyl groups is 2. The zero-order valence-corrected chi connectivity index (χ0v) is 39.2. The molecule has 1 amide bonds. The molecule has 0 aromatic carbocycles. The second kappa shape index (κ2) is 48.7. The number of aliphatic hydroxyl groups excluding tert-OH is 2. The van der Waals surface area contributed by atoms with Crippen molar-refractivity contribution in [1.82, 2.24) is 5.32 Å². The van der Waals surface area contributed by atoms with Gasteiger partial charge < -0.3 is 20.3 Å². The minimum atomic E-state index is -0.853. The molecule has 0 aromatic heterocycles. The van der Waals surface area contributed by atoms with E-state index in [2.05, 4.69) is 43.5 Å². The van der Waals surface area contributed by atoms with Crippen LogP contribution in [0.15, 0.2) is 36.5 Å². The Labute approximate surface area is 366 Å². The lowest BCUT2D eigenvalue weighted by Gasteiger charge is -2.20. The first-order valence-electron chi connectivity index (χ1n) is 25.8. The van der Waals surface area contributed by atoms with Gasteiger partial charge in [0.1, 0.15) is 0 Å². The molecule has 6 nitrogen and oxygen atoms in total. The Balaban J connectivity index is 3.50. The SMILES string of the molecule is CCCCCCCCCC/C=C/C(O)C(CO)NC(=O)CCCCCCCCC/C=C\C/C=C\CCCCCOC(=O)CCCCCCCCCCCCCCCCC. The van der Waals surface area contributed by atoms with Crippen molar-refractivity contribution >= 4 is 11.9 Å². The third-order valence-electron chi connectivity index (χ3n) is 11.7. The largest absolute Gasteiger partial charge is 0.466 e. The van der Waals surface area contributed by atoms with Crippen molar-refractivity contribution in [3.8, 4) is 0 Å². The lowest BCUT2D eigenvalue weighted by Crippen LogP contribution is -2.45. The van der Waals surface area contributed by atoms with Gasteiger partial charge in [0.2, 0.25) is 5.91 Å². The number of carbonyl (C=O) groups excluding carboxylic acids is 2. The van der Waals surface area contributed by atoms with Gasteiger partial charge in [-0.15, -0.1) is 0 Å². The third kappa shape index (κ3) is 45.4. The maximum absolute atomic E-state index is 12.4. The van der Waals surface area contributed by atoms with Crippen molar-refractivity contribution in [2.75, 3.05) is 13.2 Å². The molecule has 0 aliphatic rings. The Morgan fingerprint density at radius 3 is 1.29 bits per heavy atom. The van der Waals surface area contributed by atoms with E-state index in [1.165, 1.54) is 154 Å².